The lowest BCUT2D eigenvalue weighted by Crippen LogP contribution is -2.29. The second-order valence-corrected chi connectivity index (χ2v) is 11.6. The highest BCUT2D eigenvalue weighted by molar-refractivity contribution is 7.86. The summed E-state index contributed by atoms with van der Waals surface area (Å²) in [5, 5.41) is 38.1. The number of hydrogen-bond donors (Lipinski definition) is 5. The van der Waals surface area contributed by atoms with E-state index in [2.05, 4.69) is 10.2 Å². The van der Waals surface area contributed by atoms with E-state index in [1.807, 2.05) is 0 Å². The lowest BCUT2D eigenvalue weighted by atomic mass is 9.99. The number of carboxylic acid groups (broad SMARTS) is 2. The van der Waals surface area contributed by atoms with Gasteiger partial charge in [0.2, 0.25) is 5.88 Å². The van der Waals surface area contributed by atoms with E-state index in [1.54, 1.807) is 0 Å². The molecular weight excluding hydrogens is 612 g/mol. The molecule has 0 saturated carbocycles. The van der Waals surface area contributed by atoms with Gasteiger partial charge < -0.3 is 15.3 Å². The van der Waals surface area contributed by atoms with E-state index in [9.17, 15) is 46.5 Å². The minimum absolute atomic E-state index is 0.0591. The number of anilines is 1. The molecule has 1 amide bonds. The van der Waals surface area contributed by atoms with Crippen molar-refractivity contribution in [1.82, 2.24) is 9.78 Å². The Morgan fingerprint density at radius 1 is 0.837 bits per heavy atom. The van der Waals surface area contributed by atoms with Gasteiger partial charge in [-0.1, -0.05) is 18.2 Å². The minimum Gasteiger partial charge on any atom is -0.493 e. The summed E-state index contributed by atoms with van der Waals surface area (Å²) < 4.78 is 64.1. The number of benzene rings is 2. The minimum atomic E-state index is -4.49. The lowest BCUT2D eigenvalue weighted by Gasteiger charge is -2.13. The predicted octanol–water partition coefficient (Wildman–Crippen LogP) is 1.83. The Morgan fingerprint density at radius 2 is 1.37 bits per heavy atom. The normalized spacial score (nSPS) is 15.9. The topological polar surface area (TPSA) is 254 Å². The third kappa shape index (κ3) is 6.51. The molecule has 1 aliphatic heterocycles. The first-order valence-corrected chi connectivity index (χ1v) is 14.7. The first kappa shape index (κ1) is 30.8. The van der Waals surface area contributed by atoms with Crippen LogP contribution in [-0.4, -0.2) is 74.6 Å². The summed E-state index contributed by atoms with van der Waals surface area (Å²) in [4.78, 5) is 35.5. The van der Waals surface area contributed by atoms with Crippen LogP contribution in [0.15, 0.2) is 81.7 Å². The fourth-order valence-electron chi connectivity index (χ4n) is 3.96. The van der Waals surface area contributed by atoms with E-state index in [0.29, 0.717) is 0 Å². The molecule has 3 aromatic rings. The summed E-state index contributed by atoms with van der Waals surface area (Å²) in [6, 6.07) is 8.79. The first-order valence-electron chi connectivity index (χ1n) is 11.8. The quantitative estimate of drug-likeness (QED) is 0.158. The Morgan fingerprint density at radius 3 is 1.86 bits per heavy atom. The molecule has 1 unspecified atom stereocenters. The number of carboxylic acids is 2. The molecule has 0 radical (unpaired) electrons. The summed E-state index contributed by atoms with van der Waals surface area (Å²) in [5.74, 6) is -5.51. The molecule has 16 nitrogen and oxygen atoms in total. The summed E-state index contributed by atoms with van der Waals surface area (Å²) in [7, 11) is -8.97. The van der Waals surface area contributed by atoms with Gasteiger partial charge in [-0.2, -0.15) is 36.7 Å². The molecule has 0 aliphatic carbocycles. The number of carbonyl (C=O) groups is 3. The van der Waals surface area contributed by atoms with Gasteiger partial charge in [0, 0.05) is 0 Å². The van der Waals surface area contributed by atoms with Crippen molar-refractivity contribution in [2.24, 2.45) is 11.0 Å². The number of hydrogen-bond acceptors (Lipinski definition) is 10. The molecule has 0 spiro atoms. The van der Waals surface area contributed by atoms with Gasteiger partial charge in [-0.3, -0.25) is 13.9 Å². The monoisotopic (exact) mass is 632 g/mol. The number of aromatic nitrogens is 2. The van der Waals surface area contributed by atoms with Crippen LogP contribution >= 0.6 is 0 Å². The molecule has 5 N–H and O–H groups in total. The fraction of sp³-hybridized carbons (Fsp3) is 0.0800. The van der Waals surface area contributed by atoms with Crippen molar-refractivity contribution >= 4 is 55.6 Å². The molecule has 43 heavy (non-hydrogen) atoms. The zero-order valence-electron chi connectivity index (χ0n) is 21.4. The number of aromatic hydroxyl groups is 1. The SMILES string of the molecule is O=C(O)C1=NN(c2ccc(S(=O)(=O)O)cc2)C(=O)C1CC=CC=Cc1c(C(=O)O)nn(-c2ccc(S(=O)(=O)O)cc2)c1O. The van der Waals surface area contributed by atoms with Gasteiger partial charge in [-0.25, -0.2) is 9.59 Å². The van der Waals surface area contributed by atoms with Crippen LogP contribution in [0.1, 0.15) is 22.5 Å². The Kier molecular flexibility index (Phi) is 8.31. The molecule has 0 fully saturated rings. The van der Waals surface area contributed by atoms with Crippen LogP contribution in [0.2, 0.25) is 0 Å². The smallest absolute Gasteiger partial charge is 0.357 e. The third-order valence-corrected chi connectivity index (χ3v) is 7.74. The van der Waals surface area contributed by atoms with Gasteiger partial charge in [0.15, 0.2) is 11.4 Å². The number of amides is 1. The van der Waals surface area contributed by atoms with E-state index in [1.165, 1.54) is 48.6 Å². The Hall–Kier alpha value is -5.17. The van der Waals surface area contributed by atoms with Crippen molar-refractivity contribution < 1.29 is 55.6 Å². The zero-order chi connectivity index (χ0) is 31.7. The molecule has 18 heteroatoms. The standard InChI is InChI=1S/C25H20N4O12S2/c30-22-18(20(24(32)33)26-28(22)14-6-10-16(11-7-14)42(36,37)38)4-2-1-3-5-19-21(25(34)35)27-29(23(19)31)15-8-12-17(13-9-15)43(39,40)41/h1-4,6-13,19,30H,5H2,(H,32,33)(H,34,35)(H,36,37,38)(H,39,40,41). The maximum atomic E-state index is 12.9. The first-order chi connectivity index (χ1) is 20.1. The van der Waals surface area contributed by atoms with E-state index in [-0.39, 0.29) is 23.4 Å². The van der Waals surface area contributed by atoms with Crippen molar-refractivity contribution in [2.45, 2.75) is 16.2 Å². The Labute approximate surface area is 242 Å². The molecule has 4 rings (SSSR count). The van der Waals surface area contributed by atoms with Gasteiger partial charge >= 0.3 is 11.9 Å². The van der Waals surface area contributed by atoms with Crippen molar-refractivity contribution in [3.63, 3.8) is 0 Å². The number of hydrazone groups is 1. The highest BCUT2D eigenvalue weighted by Crippen LogP contribution is 2.29. The zero-order valence-corrected chi connectivity index (χ0v) is 23.0. The average molecular weight is 633 g/mol. The van der Waals surface area contributed by atoms with Crippen molar-refractivity contribution in [1.29, 1.82) is 0 Å². The Bertz CT molecular complexity index is 1930. The summed E-state index contributed by atoms with van der Waals surface area (Å²) in [6.45, 7) is 0. The maximum Gasteiger partial charge on any atom is 0.357 e. The van der Waals surface area contributed by atoms with Crippen LogP contribution in [-0.2, 0) is 29.8 Å². The van der Waals surface area contributed by atoms with Crippen LogP contribution in [0.3, 0.4) is 0 Å². The fourth-order valence-corrected chi connectivity index (χ4v) is 4.92. The molecular formula is C25H20N4O12S2. The van der Waals surface area contributed by atoms with Gasteiger partial charge in [0.05, 0.1) is 32.6 Å². The third-order valence-electron chi connectivity index (χ3n) is 6.00. The lowest BCUT2D eigenvalue weighted by molar-refractivity contribution is -0.130. The van der Waals surface area contributed by atoms with Gasteiger partial charge in [-0.05, 0) is 61.0 Å². The number of aliphatic carboxylic acids is 1. The van der Waals surface area contributed by atoms with E-state index < -0.39 is 71.1 Å². The van der Waals surface area contributed by atoms with Crippen molar-refractivity contribution in [2.75, 3.05) is 5.01 Å². The average Bonchev–Trinajstić information content (AvgIpc) is 3.44. The number of allylic oxidation sites excluding steroid dienone is 3. The van der Waals surface area contributed by atoms with Crippen LogP contribution in [0.4, 0.5) is 5.69 Å². The summed E-state index contributed by atoms with van der Waals surface area (Å²) in [5.41, 5.74) is -1.11. The van der Waals surface area contributed by atoms with Crippen LogP contribution in [0, 0.1) is 5.92 Å². The molecule has 1 atom stereocenters. The van der Waals surface area contributed by atoms with Crippen molar-refractivity contribution in [3.8, 4) is 11.6 Å². The molecule has 2 heterocycles. The van der Waals surface area contributed by atoms with E-state index in [4.69, 9.17) is 9.11 Å². The van der Waals surface area contributed by atoms with E-state index >= 15 is 0 Å². The highest BCUT2D eigenvalue weighted by Gasteiger charge is 2.39. The largest absolute Gasteiger partial charge is 0.493 e. The maximum absolute atomic E-state index is 12.9. The summed E-state index contributed by atoms with van der Waals surface area (Å²) >= 11 is 0. The molecule has 1 aliphatic rings. The van der Waals surface area contributed by atoms with Crippen LogP contribution in [0.5, 0.6) is 5.88 Å². The van der Waals surface area contributed by atoms with Gasteiger partial charge in [0.1, 0.15) is 0 Å². The van der Waals surface area contributed by atoms with Crippen LogP contribution in [0.25, 0.3) is 11.8 Å². The second-order valence-electron chi connectivity index (χ2n) is 8.76. The number of nitrogens with zero attached hydrogens (tertiary/aromatic N) is 4. The van der Waals surface area contributed by atoms with Gasteiger partial charge in [-0.15, -0.1) is 0 Å². The molecule has 1 aromatic heterocycles. The second kappa shape index (κ2) is 11.6. The number of rotatable bonds is 10. The number of carbonyl (C=O) groups excluding carboxylic acids is 1. The number of aromatic carboxylic acids is 1. The molecule has 0 saturated heterocycles. The molecule has 2 aromatic carbocycles. The molecule has 0 bridgehead atoms. The van der Waals surface area contributed by atoms with Gasteiger partial charge in [0.25, 0.3) is 26.1 Å². The van der Waals surface area contributed by atoms with E-state index in [0.717, 1.165) is 34.0 Å². The predicted molar refractivity (Wildman–Crippen MR) is 147 cm³/mol. The summed E-state index contributed by atoms with van der Waals surface area (Å²) in [6.07, 6.45) is 5.11. The van der Waals surface area contributed by atoms with Crippen molar-refractivity contribution in [3.05, 3.63) is 78.0 Å². The highest BCUT2D eigenvalue weighted by atomic mass is 32.2. The Balaban J connectivity index is 1.52. The molecule has 224 valence electrons. The van der Waals surface area contributed by atoms with Crippen LogP contribution < -0.4 is 5.01 Å².